The molecule has 0 fully saturated rings. The first-order valence-corrected chi connectivity index (χ1v) is 10.7. The van der Waals surface area contributed by atoms with Gasteiger partial charge in [0.25, 0.3) is 0 Å². The van der Waals surface area contributed by atoms with Crippen LogP contribution < -0.4 is 10.1 Å². The van der Waals surface area contributed by atoms with E-state index in [0.29, 0.717) is 18.3 Å². The van der Waals surface area contributed by atoms with Crippen LogP contribution in [0.3, 0.4) is 0 Å². The molecule has 8 nitrogen and oxygen atoms in total. The van der Waals surface area contributed by atoms with Crippen LogP contribution in [0.5, 0.6) is 5.75 Å². The predicted octanol–water partition coefficient (Wildman–Crippen LogP) is 4.35. The van der Waals surface area contributed by atoms with Crippen molar-refractivity contribution >= 4 is 22.3 Å². The Balaban J connectivity index is 1.42. The van der Waals surface area contributed by atoms with Gasteiger partial charge in [0.1, 0.15) is 16.8 Å². The monoisotopic (exact) mass is 423 g/mol. The number of nitrogens with zero attached hydrogens (tertiary/aromatic N) is 6. The topological polar surface area (TPSA) is 82.7 Å². The molecule has 0 amide bonds. The Bertz CT molecular complexity index is 1130. The summed E-state index contributed by atoms with van der Waals surface area (Å²) in [5, 5.41) is 22.6. The van der Waals surface area contributed by atoms with Gasteiger partial charge in [-0.15, -0.1) is 10.2 Å². The quantitative estimate of drug-likeness (QED) is 0.454. The van der Waals surface area contributed by atoms with Crippen molar-refractivity contribution in [2.24, 2.45) is 0 Å². The van der Waals surface area contributed by atoms with Crippen LogP contribution >= 0.6 is 11.3 Å². The van der Waals surface area contributed by atoms with Crippen LogP contribution in [0.15, 0.2) is 42.6 Å². The minimum Gasteiger partial charge on any atom is -0.494 e. The van der Waals surface area contributed by atoms with Gasteiger partial charge in [-0.3, -0.25) is 9.36 Å². The molecule has 30 heavy (non-hydrogen) atoms. The zero-order valence-corrected chi connectivity index (χ0v) is 18.3. The van der Waals surface area contributed by atoms with Crippen LogP contribution in [-0.4, -0.2) is 36.4 Å². The molecule has 1 aromatic carbocycles. The molecule has 4 aromatic rings. The van der Waals surface area contributed by atoms with Crippen molar-refractivity contribution in [3.8, 4) is 5.75 Å². The lowest BCUT2D eigenvalue weighted by atomic mass is 10.2. The van der Waals surface area contributed by atoms with Gasteiger partial charge >= 0.3 is 0 Å². The fraction of sp³-hybridized carbons (Fsp3) is 0.333. The van der Waals surface area contributed by atoms with E-state index >= 15 is 0 Å². The lowest BCUT2D eigenvalue weighted by Crippen LogP contribution is -2.10. The highest BCUT2D eigenvalue weighted by Crippen LogP contribution is 2.27. The number of benzene rings is 1. The molecule has 1 atom stereocenters. The molecule has 0 aliphatic heterocycles. The van der Waals surface area contributed by atoms with Gasteiger partial charge in [0.2, 0.25) is 5.13 Å². The van der Waals surface area contributed by atoms with Crippen molar-refractivity contribution in [2.45, 2.75) is 40.3 Å². The Morgan fingerprint density at radius 3 is 2.77 bits per heavy atom. The summed E-state index contributed by atoms with van der Waals surface area (Å²) in [7, 11) is 0. The van der Waals surface area contributed by atoms with Crippen molar-refractivity contribution in [1.82, 2.24) is 29.8 Å². The van der Waals surface area contributed by atoms with Crippen LogP contribution in [0.2, 0.25) is 0 Å². The van der Waals surface area contributed by atoms with E-state index in [0.717, 1.165) is 33.5 Å². The zero-order chi connectivity index (χ0) is 21.1. The molecule has 0 saturated heterocycles. The molecule has 0 aliphatic carbocycles. The first-order chi connectivity index (χ1) is 14.5. The van der Waals surface area contributed by atoms with Crippen molar-refractivity contribution in [3.63, 3.8) is 0 Å². The molecule has 0 radical (unpaired) electrons. The summed E-state index contributed by atoms with van der Waals surface area (Å²) in [4.78, 5) is 0. The molecule has 0 bridgehead atoms. The Hall–Kier alpha value is -3.20. The molecule has 4 rings (SSSR count). The molecule has 3 aromatic heterocycles. The summed E-state index contributed by atoms with van der Waals surface area (Å²) in [5.41, 5.74) is 3.24. The first-order valence-electron chi connectivity index (χ1n) is 9.90. The number of aryl methyl sites for hydroxylation is 2. The Kier molecular flexibility index (Phi) is 5.80. The van der Waals surface area contributed by atoms with Gasteiger partial charge in [-0.25, -0.2) is 0 Å². The van der Waals surface area contributed by atoms with Crippen LogP contribution in [0, 0.1) is 13.8 Å². The average molecular weight is 424 g/mol. The zero-order valence-electron chi connectivity index (χ0n) is 17.5. The van der Waals surface area contributed by atoms with E-state index < -0.39 is 0 Å². The molecule has 1 N–H and O–H groups in total. The lowest BCUT2D eigenvalue weighted by Gasteiger charge is -2.10. The average Bonchev–Trinajstić information content (AvgIpc) is 3.43. The van der Waals surface area contributed by atoms with Gasteiger partial charge < -0.3 is 10.1 Å². The van der Waals surface area contributed by atoms with Gasteiger partial charge in [-0.1, -0.05) is 23.5 Å². The van der Waals surface area contributed by atoms with E-state index in [2.05, 4.69) is 44.8 Å². The van der Waals surface area contributed by atoms with E-state index in [9.17, 15) is 0 Å². The third kappa shape index (κ3) is 4.51. The molecule has 156 valence electrons. The first kappa shape index (κ1) is 20.1. The third-order valence-corrected chi connectivity index (χ3v) is 5.65. The molecular weight excluding hydrogens is 398 g/mol. The molecular formula is C21H25N7OS. The highest BCUT2D eigenvalue weighted by atomic mass is 32.1. The van der Waals surface area contributed by atoms with Crippen molar-refractivity contribution < 1.29 is 4.74 Å². The van der Waals surface area contributed by atoms with Crippen molar-refractivity contribution in [2.75, 3.05) is 11.9 Å². The van der Waals surface area contributed by atoms with Gasteiger partial charge in [-0.2, -0.15) is 10.2 Å². The molecule has 3 heterocycles. The fourth-order valence-electron chi connectivity index (χ4n) is 3.31. The van der Waals surface area contributed by atoms with E-state index in [1.807, 2.05) is 60.6 Å². The largest absolute Gasteiger partial charge is 0.494 e. The fourth-order valence-corrected chi connectivity index (χ4v) is 4.10. The second-order valence-electron chi connectivity index (χ2n) is 7.10. The SMILES string of the molecule is CCOc1cccc(Cn2ccc(Nc3nnc(C(C)n4nc(C)cc4C)s3)n2)c1. The highest BCUT2D eigenvalue weighted by molar-refractivity contribution is 7.15. The van der Waals surface area contributed by atoms with E-state index in [4.69, 9.17) is 4.74 Å². The summed E-state index contributed by atoms with van der Waals surface area (Å²) in [6.07, 6.45) is 1.94. The normalized spacial score (nSPS) is 12.1. The Morgan fingerprint density at radius 1 is 1.13 bits per heavy atom. The van der Waals surface area contributed by atoms with Gasteiger partial charge in [-0.05, 0) is 51.5 Å². The maximum absolute atomic E-state index is 5.57. The Morgan fingerprint density at radius 2 is 2.00 bits per heavy atom. The number of aromatic nitrogens is 6. The van der Waals surface area contributed by atoms with Gasteiger partial charge in [0.05, 0.1) is 18.8 Å². The number of nitrogens with one attached hydrogen (secondary N) is 1. The number of hydrogen-bond donors (Lipinski definition) is 1. The van der Waals surface area contributed by atoms with E-state index in [1.54, 1.807) is 0 Å². The van der Waals surface area contributed by atoms with Crippen LogP contribution in [-0.2, 0) is 6.54 Å². The van der Waals surface area contributed by atoms with Crippen molar-refractivity contribution in [1.29, 1.82) is 0 Å². The van der Waals surface area contributed by atoms with Gasteiger partial charge in [0.15, 0.2) is 5.82 Å². The van der Waals surface area contributed by atoms with E-state index in [1.165, 1.54) is 11.3 Å². The maximum Gasteiger partial charge on any atom is 0.211 e. The molecule has 9 heteroatoms. The van der Waals surface area contributed by atoms with Gasteiger partial charge in [0, 0.05) is 18.0 Å². The summed E-state index contributed by atoms with van der Waals surface area (Å²) < 4.78 is 9.43. The molecule has 0 spiro atoms. The predicted molar refractivity (Wildman–Crippen MR) is 118 cm³/mol. The standard InChI is InChI=1S/C21H25N7OS/c1-5-29-18-8-6-7-17(12-18)13-27-10-9-19(26-27)22-21-24-23-20(30-21)16(4)28-15(3)11-14(2)25-28/h6-12,16H,5,13H2,1-4H3,(H,22,24,26). The summed E-state index contributed by atoms with van der Waals surface area (Å²) in [5.74, 6) is 1.61. The summed E-state index contributed by atoms with van der Waals surface area (Å²) >= 11 is 1.51. The highest BCUT2D eigenvalue weighted by Gasteiger charge is 2.17. The van der Waals surface area contributed by atoms with Crippen LogP contribution in [0.4, 0.5) is 10.9 Å². The van der Waals surface area contributed by atoms with Crippen LogP contribution in [0.1, 0.15) is 41.8 Å². The molecule has 1 unspecified atom stereocenters. The second-order valence-corrected chi connectivity index (χ2v) is 8.11. The number of hydrogen-bond acceptors (Lipinski definition) is 7. The minimum atomic E-state index is 0.0296. The number of rotatable bonds is 8. The smallest absolute Gasteiger partial charge is 0.211 e. The Labute approximate surface area is 179 Å². The van der Waals surface area contributed by atoms with Crippen molar-refractivity contribution in [3.05, 3.63) is 64.6 Å². The molecule has 0 aliphatic rings. The number of anilines is 2. The maximum atomic E-state index is 5.57. The molecule has 0 saturated carbocycles. The lowest BCUT2D eigenvalue weighted by molar-refractivity contribution is 0.340. The van der Waals surface area contributed by atoms with Crippen LogP contribution in [0.25, 0.3) is 0 Å². The summed E-state index contributed by atoms with van der Waals surface area (Å²) in [6.45, 7) is 9.42. The van der Waals surface area contributed by atoms with E-state index in [-0.39, 0.29) is 6.04 Å². The minimum absolute atomic E-state index is 0.0296. The second kappa shape index (κ2) is 8.66. The number of ether oxygens (including phenoxy) is 1. The summed E-state index contributed by atoms with van der Waals surface area (Å²) in [6, 6.07) is 12.1. The third-order valence-electron chi connectivity index (χ3n) is 4.64.